The van der Waals surface area contributed by atoms with Gasteiger partial charge in [-0.15, -0.1) is 0 Å². The molecule has 4 heteroatoms. The van der Waals surface area contributed by atoms with Crippen molar-refractivity contribution in [2.24, 2.45) is 0 Å². The van der Waals surface area contributed by atoms with E-state index in [4.69, 9.17) is 0 Å². The fourth-order valence-corrected chi connectivity index (χ4v) is 5.73. The molecule has 2 aromatic carbocycles. The van der Waals surface area contributed by atoms with Crippen LogP contribution in [0.4, 0.5) is 4.39 Å². The molecule has 2 aliphatic rings. The van der Waals surface area contributed by atoms with Crippen LogP contribution in [-0.2, 0) is 6.42 Å². The van der Waals surface area contributed by atoms with Gasteiger partial charge >= 0.3 is 122 Å². The Balaban J connectivity index is 1.84. The van der Waals surface area contributed by atoms with E-state index >= 15 is 0 Å². The van der Waals surface area contributed by atoms with Crippen LogP contribution in [0.25, 0.3) is 0 Å². The Hall–Kier alpha value is -1.64. The number of rotatable bonds is 0. The molecular formula is C16H12FNOSe. The summed E-state index contributed by atoms with van der Waals surface area (Å²) in [5.41, 5.74) is 3.16. The van der Waals surface area contributed by atoms with Crippen LogP contribution in [-0.4, -0.2) is 32.3 Å². The molecule has 1 amide bonds. The summed E-state index contributed by atoms with van der Waals surface area (Å²) in [6, 6.07) is 13.0. The molecule has 2 aromatic rings. The maximum atomic E-state index is 13.4. The first-order valence-electron chi connectivity index (χ1n) is 6.59. The molecule has 1 unspecified atom stereocenters. The quantitative estimate of drug-likeness (QED) is 0.675. The molecular weight excluding hydrogens is 320 g/mol. The molecule has 0 saturated heterocycles. The van der Waals surface area contributed by atoms with Gasteiger partial charge in [-0.05, 0) is 0 Å². The number of halogens is 1. The molecule has 20 heavy (non-hydrogen) atoms. The van der Waals surface area contributed by atoms with E-state index in [9.17, 15) is 9.18 Å². The molecule has 0 radical (unpaired) electrons. The van der Waals surface area contributed by atoms with Crippen molar-refractivity contribution in [1.29, 1.82) is 0 Å². The molecule has 0 aromatic heterocycles. The number of benzene rings is 2. The predicted molar refractivity (Wildman–Crippen MR) is 75.7 cm³/mol. The molecule has 4 rings (SSSR count). The monoisotopic (exact) mass is 333 g/mol. The van der Waals surface area contributed by atoms with E-state index in [1.807, 2.05) is 11.0 Å². The number of nitrogens with zero attached hydrogens (tertiary/aromatic N) is 1. The number of amides is 1. The zero-order valence-electron chi connectivity index (χ0n) is 10.7. The second-order valence-electron chi connectivity index (χ2n) is 5.06. The normalized spacial score (nSPS) is 20.1. The van der Waals surface area contributed by atoms with Crippen molar-refractivity contribution in [3.8, 4) is 0 Å². The average molecular weight is 332 g/mol. The third-order valence-corrected chi connectivity index (χ3v) is 6.71. The minimum atomic E-state index is -0.330. The van der Waals surface area contributed by atoms with Crippen molar-refractivity contribution in [3.05, 3.63) is 65.0 Å². The average Bonchev–Trinajstić information content (AvgIpc) is 2.48. The number of hydrogen-bond acceptors (Lipinski definition) is 1. The van der Waals surface area contributed by atoms with Gasteiger partial charge in [0.25, 0.3) is 0 Å². The van der Waals surface area contributed by atoms with Gasteiger partial charge in [0.05, 0.1) is 0 Å². The van der Waals surface area contributed by atoms with Gasteiger partial charge in [-0.3, -0.25) is 0 Å². The van der Waals surface area contributed by atoms with E-state index in [1.54, 1.807) is 6.07 Å². The number of carbonyl (C=O) groups excluding carboxylic acids is 1. The third-order valence-electron chi connectivity index (χ3n) is 3.90. The SMILES string of the molecule is O=C1c2cc(F)ccc2[Se]C2c3ccccc3CCN12. The Morgan fingerprint density at radius 2 is 2.05 bits per heavy atom. The minimum absolute atomic E-state index is 0.0212. The van der Waals surface area contributed by atoms with E-state index in [-0.39, 0.29) is 31.6 Å². The first kappa shape index (κ1) is 12.1. The van der Waals surface area contributed by atoms with Crippen LogP contribution in [0.1, 0.15) is 26.4 Å². The molecule has 0 spiro atoms. The molecule has 0 saturated carbocycles. The zero-order chi connectivity index (χ0) is 13.7. The Labute approximate surface area is 122 Å². The predicted octanol–water partition coefficient (Wildman–Crippen LogP) is 1.87. The number of fused-ring (bicyclic) bond motifs is 4. The summed E-state index contributed by atoms with van der Waals surface area (Å²) in [7, 11) is 0. The van der Waals surface area contributed by atoms with Crippen LogP contribution in [0.3, 0.4) is 0 Å². The summed E-state index contributed by atoms with van der Waals surface area (Å²) < 4.78 is 14.4. The van der Waals surface area contributed by atoms with Crippen LogP contribution in [0.5, 0.6) is 0 Å². The van der Waals surface area contributed by atoms with Crippen molar-refractivity contribution in [3.63, 3.8) is 0 Å². The first-order valence-corrected chi connectivity index (χ1v) is 8.43. The van der Waals surface area contributed by atoms with Crippen molar-refractivity contribution in [2.75, 3.05) is 6.54 Å². The Morgan fingerprint density at radius 1 is 1.20 bits per heavy atom. The molecule has 2 aliphatic heterocycles. The topological polar surface area (TPSA) is 20.3 Å². The third kappa shape index (κ3) is 1.72. The molecule has 2 heterocycles. The number of carbonyl (C=O) groups is 1. The zero-order valence-corrected chi connectivity index (χ0v) is 12.4. The molecule has 0 bridgehead atoms. The summed E-state index contributed by atoms with van der Waals surface area (Å²) in [6.45, 7) is 0.734. The van der Waals surface area contributed by atoms with Crippen LogP contribution in [0.15, 0.2) is 42.5 Å². The second-order valence-corrected chi connectivity index (χ2v) is 7.41. The van der Waals surface area contributed by atoms with Gasteiger partial charge in [0.2, 0.25) is 0 Å². The standard InChI is InChI=1S/C16H12FNOSe/c17-11-5-6-14-13(9-11)15(19)18-8-7-10-3-1-2-4-12(10)16(18)20-14/h1-6,9,16H,7-8H2. The van der Waals surface area contributed by atoms with E-state index in [1.165, 1.54) is 23.3 Å². The van der Waals surface area contributed by atoms with Gasteiger partial charge in [-0.1, -0.05) is 0 Å². The van der Waals surface area contributed by atoms with Crippen molar-refractivity contribution in [1.82, 2.24) is 4.90 Å². The summed E-state index contributed by atoms with van der Waals surface area (Å²) in [5, 5.41) is 0. The Kier molecular flexibility index (Phi) is 2.69. The second kappa shape index (κ2) is 4.44. The Morgan fingerprint density at radius 3 is 2.95 bits per heavy atom. The van der Waals surface area contributed by atoms with Crippen LogP contribution in [0.2, 0.25) is 0 Å². The molecule has 0 N–H and O–H groups in total. The van der Waals surface area contributed by atoms with Gasteiger partial charge in [-0.25, -0.2) is 0 Å². The summed E-state index contributed by atoms with van der Waals surface area (Å²) in [4.78, 5) is 14.7. The fraction of sp³-hybridized carbons (Fsp3) is 0.188. The maximum absolute atomic E-state index is 13.4. The van der Waals surface area contributed by atoms with Gasteiger partial charge in [-0.2, -0.15) is 0 Å². The molecule has 100 valence electrons. The van der Waals surface area contributed by atoms with Crippen LogP contribution in [0, 0.1) is 5.82 Å². The summed E-state index contributed by atoms with van der Waals surface area (Å²) >= 11 is 0.132. The summed E-state index contributed by atoms with van der Waals surface area (Å²) in [5.74, 6) is -0.351. The van der Waals surface area contributed by atoms with Gasteiger partial charge in [0, 0.05) is 0 Å². The molecule has 1 atom stereocenters. The van der Waals surface area contributed by atoms with E-state index in [2.05, 4.69) is 18.2 Å². The van der Waals surface area contributed by atoms with Crippen LogP contribution < -0.4 is 4.46 Å². The number of hydrogen-bond donors (Lipinski definition) is 0. The van der Waals surface area contributed by atoms with E-state index < -0.39 is 0 Å². The summed E-state index contributed by atoms with van der Waals surface area (Å²) in [6.07, 6.45) is 0.888. The van der Waals surface area contributed by atoms with Gasteiger partial charge in [0.1, 0.15) is 0 Å². The fourth-order valence-electron chi connectivity index (χ4n) is 2.91. The van der Waals surface area contributed by atoms with E-state index in [0.29, 0.717) is 5.56 Å². The van der Waals surface area contributed by atoms with Gasteiger partial charge < -0.3 is 0 Å². The van der Waals surface area contributed by atoms with Crippen molar-refractivity contribution >= 4 is 25.3 Å². The van der Waals surface area contributed by atoms with Crippen molar-refractivity contribution in [2.45, 2.75) is 11.4 Å². The van der Waals surface area contributed by atoms with E-state index in [0.717, 1.165) is 17.4 Å². The molecule has 0 fully saturated rings. The van der Waals surface area contributed by atoms with Gasteiger partial charge in [0.15, 0.2) is 0 Å². The van der Waals surface area contributed by atoms with Crippen LogP contribution >= 0.6 is 0 Å². The van der Waals surface area contributed by atoms with Crippen molar-refractivity contribution < 1.29 is 9.18 Å². The molecule has 2 nitrogen and oxygen atoms in total. The first-order chi connectivity index (χ1) is 9.74. The Bertz CT molecular complexity index is 715. The molecule has 0 aliphatic carbocycles.